The Kier molecular flexibility index (Phi) is 6.14. The van der Waals surface area contributed by atoms with Crippen LogP contribution < -0.4 is 9.47 Å². The summed E-state index contributed by atoms with van der Waals surface area (Å²) in [5.74, 6) is -34.5. The number of ether oxygens (including phenoxy) is 2. The summed E-state index contributed by atoms with van der Waals surface area (Å²) in [5.41, 5.74) is -3.09. The fourth-order valence-electron chi connectivity index (χ4n) is 2.95. The predicted octanol–water partition coefficient (Wildman–Crippen LogP) is 5.17. The molecule has 0 fully saturated rings. The second kappa shape index (κ2) is 8.33. The average molecular weight is 502 g/mol. The Bertz CT molecular complexity index is 1140. The molecule has 0 unspecified atom stereocenters. The Labute approximate surface area is 182 Å². The number of benzene rings is 2. The Morgan fingerprint density at radius 1 is 0.588 bits per heavy atom. The Balaban J connectivity index is 2.02. The van der Waals surface area contributed by atoms with E-state index in [1.54, 1.807) is 0 Å². The molecule has 0 saturated carbocycles. The van der Waals surface area contributed by atoms with Crippen molar-refractivity contribution < 1.29 is 63.0 Å². The van der Waals surface area contributed by atoms with Crippen LogP contribution >= 0.6 is 0 Å². The van der Waals surface area contributed by atoms with Gasteiger partial charge in [0.2, 0.25) is 75.1 Å². The smallest absolute Gasteiger partial charge is 0.337 e. The number of hydrogen-bond donors (Lipinski definition) is 0. The first-order chi connectivity index (χ1) is 15.7. The summed E-state index contributed by atoms with van der Waals surface area (Å²) in [7, 11) is 0. The Hall–Kier alpha value is -3.58. The quantitative estimate of drug-likeness (QED) is 0.108. The number of esters is 2. The molecule has 14 heteroatoms. The molecule has 0 aliphatic heterocycles. The molecular weight excluding hydrogens is 494 g/mol. The monoisotopic (exact) mass is 502 g/mol. The van der Waals surface area contributed by atoms with Crippen molar-refractivity contribution in [2.75, 3.05) is 0 Å². The molecule has 0 spiro atoms. The Morgan fingerprint density at radius 3 is 1.09 bits per heavy atom. The number of rotatable bonds is 5. The fraction of sp³-hybridized carbons (Fsp3) is 0.200. The summed E-state index contributed by atoms with van der Waals surface area (Å²) < 4.78 is 144. The number of hydrogen-bond acceptors (Lipinski definition) is 4. The van der Waals surface area contributed by atoms with Crippen molar-refractivity contribution in [3.8, 4) is 11.5 Å². The van der Waals surface area contributed by atoms with Crippen LogP contribution in [0.4, 0.5) is 43.9 Å². The van der Waals surface area contributed by atoms with Gasteiger partial charge in [0.15, 0.2) is 0 Å². The third-order valence-corrected chi connectivity index (χ3v) is 4.74. The molecular formula is C20H8F10O4. The molecule has 0 bridgehead atoms. The molecule has 1 aliphatic carbocycles. The highest BCUT2D eigenvalue weighted by atomic mass is 19.2. The van der Waals surface area contributed by atoms with Gasteiger partial charge in [0.05, 0.1) is 0 Å². The molecule has 182 valence electrons. The van der Waals surface area contributed by atoms with Crippen molar-refractivity contribution in [2.45, 2.75) is 13.8 Å². The van der Waals surface area contributed by atoms with Crippen LogP contribution in [0.2, 0.25) is 0 Å². The molecule has 0 amide bonds. The second-order valence-corrected chi connectivity index (χ2v) is 7.14. The van der Waals surface area contributed by atoms with Crippen molar-refractivity contribution >= 4 is 11.9 Å². The maximum absolute atomic E-state index is 13.9. The van der Waals surface area contributed by atoms with Gasteiger partial charge < -0.3 is 9.47 Å². The minimum absolute atomic E-state index is 0.268. The van der Waals surface area contributed by atoms with Gasteiger partial charge in [-0.1, -0.05) is 19.9 Å². The van der Waals surface area contributed by atoms with Gasteiger partial charge in [-0.05, 0) is 11.5 Å². The highest BCUT2D eigenvalue weighted by Gasteiger charge is 2.62. The molecule has 2 aromatic rings. The topological polar surface area (TPSA) is 52.6 Å². The Morgan fingerprint density at radius 2 is 0.853 bits per heavy atom. The molecule has 0 saturated heterocycles. The van der Waals surface area contributed by atoms with E-state index in [1.165, 1.54) is 13.8 Å². The van der Waals surface area contributed by atoms with E-state index in [1.807, 2.05) is 0 Å². The maximum atomic E-state index is 13.9. The van der Waals surface area contributed by atoms with Crippen molar-refractivity contribution in [1.29, 1.82) is 0 Å². The van der Waals surface area contributed by atoms with E-state index in [2.05, 4.69) is 9.47 Å². The highest BCUT2D eigenvalue weighted by Crippen LogP contribution is 2.51. The van der Waals surface area contributed by atoms with Gasteiger partial charge in [-0.15, -0.1) is 0 Å². The van der Waals surface area contributed by atoms with Gasteiger partial charge >= 0.3 is 11.9 Å². The molecule has 2 aromatic carbocycles. The van der Waals surface area contributed by atoms with E-state index in [9.17, 15) is 53.5 Å². The van der Waals surface area contributed by atoms with E-state index in [0.29, 0.717) is 6.08 Å². The van der Waals surface area contributed by atoms with Crippen LogP contribution in [-0.2, 0) is 9.59 Å². The molecule has 0 atom stereocenters. The van der Waals surface area contributed by atoms with E-state index >= 15 is 0 Å². The standard InChI is InChI=1S/C20H8F10O4/c1-4(2)5-3-20(5,18(31)33-16-12(27)8(23)6(21)9(24)13(16)28)19(32)34-17-14(29)10(25)7(22)11(26)15(17)30/h3-4H,1-2H3. The van der Waals surface area contributed by atoms with Crippen LogP contribution in [0.15, 0.2) is 11.6 Å². The lowest BCUT2D eigenvalue weighted by Gasteiger charge is -2.19. The van der Waals surface area contributed by atoms with Crippen LogP contribution in [0.3, 0.4) is 0 Å². The third-order valence-electron chi connectivity index (χ3n) is 4.74. The van der Waals surface area contributed by atoms with E-state index in [-0.39, 0.29) is 5.57 Å². The van der Waals surface area contributed by atoms with Gasteiger partial charge in [0.25, 0.3) is 0 Å². The van der Waals surface area contributed by atoms with Crippen molar-refractivity contribution in [1.82, 2.24) is 0 Å². The van der Waals surface area contributed by atoms with Gasteiger partial charge in [0.1, 0.15) is 0 Å². The van der Waals surface area contributed by atoms with Gasteiger partial charge in [-0.25, -0.2) is 35.9 Å². The molecule has 0 heterocycles. The first kappa shape index (κ1) is 25.1. The minimum Gasteiger partial charge on any atom is -0.419 e. The van der Waals surface area contributed by atoms with Crippen LogP contribution in [0, 0.1) is 69.5 Å². The largest absolute Gasteiger partial charge is 0.419 e. The van der Waals surface area contributed by atoms with Crippen molar-refractivity contribution in [3.63, 3.8) is 0 Å². The number of carbonyl (C=O) groups is 2. The molecule has 1 aliphatic rings. The summed E-state index contributed by atoms with van der Waals surface area (Å²) in [5, 5.41) is 0. The second-order valence-electron chi connectivity index (χ2n) is 7.14. The van der Waals surface area contributed by atoms with E-state index in [4.69, 9.17) is 0 Å². The summed E-state index contributed by atoms with van der Waals surface area (Å²) in [6.07, 6.45) is 0.695. The SMILES string of the molecule is CC(C)C1=CC1(C(=O)Oc1c(F)c(F)c(F)c(F)c1F)C(=O)Oc1c(F)c(F)c(F)c(F)c1F. The normalized spacial score (nSPS) is 14.2. The lowest BCUT2D eigenvalue weighted by atomic mass is 9.94. The lowest BCUT2D eigenvalue weighted by Crippen LogP contribution is -2.38. The summed E-state index contributed by atoms with van der Waals surface area (Å²) in [4.78, 5) is 25.1. The van der Waals surface area contributed by atoms with Crippen LogP contribution in [-0.4, -0.2) is 11.9 Å². The zero-order valence-electron chi connectivity index (χ0n) is 16.6. The zero-order chi connectivity index (χ0) is 25.9. The van der Waals surface area contributed by atoms with Crippen LogP contribution in [0.1, 0.15) is 13.8 Å². The lowest BCUT2D eigenvalue weighted by molar-refractivity contribution is -0.153. The molecule has 0 N–H and O–H groups in total. The molecule has 34 heavy (non-hydrogen) atoms. The molecule has 4 nitrogen and oxygen atoms in total. The van der Waals surface area contributed by atoms with Gasteiger partial charge in [-0.2, -0.15) is 17.6 Å². The summed E-state index contributed by atoms with van der Waals surface area (Å²) >= 11 is 0. The summed E-state index contributed by atoms with van der Waals surface area (Å²) in [6.45, 7) is 2.68. The first-order valence-electron chi connectivity index (χ1n) is 8.89. The fourth-order valence-corrected chi connectivity index (χ4v) is 2.95. The van der Waals surface area contributed by atoms with Crippen LogP contribution in [0.5, 0.6) is 11.5 Å². The van der Waals surface area contributed by atoms with Crippen molar-refractivity contribution in [2.24, 2.45) is 11.3 Å². The first-order valence-corrected chi connectivity index (χ1v) is 8.89. The van der Waals surface area contributed by atoms with Gasteiger partial charge in [0, 0.05) is 0 Å². The average Bonchev–Trinajstić information content (AvgIpc) is 3.57. The van der Waals surface area contributed by atoms with Gasteiger partial charge in [-0.3, -0.25) is 0 Å². The summed E-state index contributed by atoms with van der Waals surface area (Å²) in [6, 6.07) is 0. The van der Waals surface area contributed by atoms with Crippen LogP contribution in [0.25, 0.3) is 0 Å². The van der Waals surface area contributed by atoms with E-state index < -0.39 is 92.9 Å². The molecule has 0 aromatic heterocycles. The predicted molar refractivity (Wildman–Crippen MR) is 89.1 cm³/mol. The minimum atomic E-state index is -2.82. The van der Waals surface area contributed by atoms with Crippen molar-refractivity contribution in [3.05, 3.63) is 69.8 Å². The number of halogens is 10. The van der Waals surface area contributed by atoms with E-state index in [0.717, 1.165) is 0 Å². The molecule has 0 radical (unpaired) electrons. The maximum Gasteiger partial charge on any atom is 0.337 e. The number of carbonyl (C=O) groups excluding carboxylic acids is 2. The molecule has 3 rings (SSSR count). The third kappa shape index (κ3) is 3.56. The highest BCUT2D eigenvalue weighted by molar-refractivity contribution is 6.12. The zero-order valence-corrected chi connectivity index (χ0v) is 16.6.